The van der Waals surface area contributed by atoms with Crippen LogP contribution in [0.5, 0.6) is 0 Å². The fourth-order valence-electron chi connectivity index (χ4n) is 1.38. The van der Waals surface area contributed by atoms with Gasteiger partial charge in [0.05, 0.1) is 11.8 Å². The molecule has 1 N–H and O–H groups in total. The Labute approximate surface area is 112 Å². The number of halogens is 4. The number of hydrazone groups is 1. The lowest BCUT2D eigenvalue weighted by atomic mass is 10.2. The Bertz CT molecular complexity index is 606. The average molecular weight is 283 g/mol. The van der Waals surface area contributed by atoms with Crippen molar-refractivity contribution < 1.29 is 17.6 Å². The molecule has 0 atom stereocenters. The summed E-state index contributed by atoms with van der Waals surface area (Å²) in [6.07, 6.45) is -2.52. The van der Waals surface area contributed by atoms with Gasteiger partial charge in [-0.2, -0.15) is 18.3 Å². The molecule has 1 aromatic heterocycles. The number of aromatic nitrogens is 1. The van der Waals surface area contributed by atoms with Gasteiger partial charge in [-0.1, -0.05) is 18.2 Å². The SMILES string of the molecule is Fc1ccccc1/C=N\Nc1ccc(C(F)(F)F)cn1. The summed E-state index contributed by atoms with van der Waals surface area (Å²) >= 11 is 0. The second kappa shape index (κ2) is 5.68. The van der Waals surface area contributed by atoms with E-state index < -0.39 is 17.6 Å². The maximum Gasteiger partial charge on any atom is 0.417 e. The van der Waals surface area contributed by atoms with Gasteiger partial charge in [0.15, 0.2) is 0 Å². The van der Waals surface area contributed by atoms with Gasteiger partial charge in [-0.15, -0.1) is 0 Å². The molecule has 0 radical (unpaired) electrons. The second-order valence-electron chi connectivity index (χ2n) is 3.82. The summed E-state index contributed by atoms with van der Waals surface area (Å²) in [6.45, 7) is 0. The molecule has 7 heteroatoms. The lowest BCUT2D eigenvalue weighted by molar-refractivity contribution is -0.137. The van der Waals surface area contributed by atoms with Gasteiger partial charge < -0.3 is 0 Å². The van der Waals surface area contributed by atoms with Crippen LogP contribution in [0.15, 0.2) is 47.7 Å². The van der Waals surface area contributed by atoms with Crippen molar-refractivity contribution in [2.24, 2.45) is 5.10 Å². The molecule has 0 fully saturated rings. The van der Waals surface area contributed by atoms with Crippen molar-refractivity contribution in [1.82, 2.24) is 4.98 Å². The highest BCUT2D eigenvalue weighted by Crippen LogP contribution is 2.28. The number of benzene rings is 1. The largest absolute Gasteiger partial charge is 0.417 e. The lowest BCUT2D eigenvalue weighted by Crippen LogP contribution is -2.05. The van der Waals surface area contributed by atoms with Gasteiger partial charge in [0.1, 0.15) is 11.6 Å². The van der Waals surface area contributed by atoms with Crippen LogP contribution in [0.3, 0.4) is 0 Å². The summed E-state index contributed by atoms with van der Waals surface area (Å²) in [5, 5.41) is 3.71. The number of pyridine rings is 1. The maximum absolute atomic E-state index is 13.2. The Morgan fingerprint density at radius 1 is 1.10 bits per heavy atom. The number of anilines is 1. The van der Waals surface area contributed by atoms with Gasteiger partial charge in [-0.3, -0.25) is 5.43 Å². The molecule has 0 aliphatic heterocycles. The molecule has 2 aromatic rings. The first kappa shape index (κ1) is 14.0. The molecule has 104 valence electrons. The third-order valence-corrected chi connectivity index (χ3v) is 2.38. The number of rotatable bonds is 3. The van der Waals surface area contributed by atoms with Gasteiger partial charge in [-0.05, 0) is 18.2 Å². The summed E-state index contributed by atoms with van der Waals surface area (Å²) < 4.78 is 50.2. The number of alkyl halides is 3. The smallest absolute Gasteiger partial charge is 0.261 e. The van der Waals surface area contributed by atoms with Gasteiger partial charge in [0.25, 0.3) is 0 Å². The van der Waals surface area contributed by atoms with Crippen LogP contribution in [-0.4, -0.2) is 11.2 Å². The molecular weight excluding hydrogens is 274 g/mol. The van der Waals surface area contributed by atoms with E-state index in [0.29, 0.717) is 6.20 Å². The minimum atomic E-state index is -4.43. The predicted molar refractivity (Wildman–Crippen MR) is 66.9 cm³/mol. The minimum Gasteiger partial charge on any atom is -0.261 e. The maximum atomic E-state index is 13.2. The summed E-state index contributed by atoms with van der Waals surface area (Å²) in [6, 6.07) is 7.99. The lowest BCUT2D eigenvalue weighted by Gasteiger charge is -2.06. The Balaban J connectivity index is 2.03. The highest BCUT2D eigenvalue weighted by atomic mass is 19.4. The molecule has 3 nitrogen and oxygen atoms in total. The monoisotopic (exact) mass is 283 g/mol. The fraction of sp³-hybridized carbons (Fsp3) is 0.0769. The number of hydrogen-bond donors (Lipinski definition) is 1. The van der Waals surface area contributed by atoms with Crippen molar-refractivity contribution in [1.29, 1.82) is 0 Å². The van der Waals surface area contributed by atoms with E-state index in [9.17, 15) is 17.6 Å². The fourth-order valence-corrected chi connectivity index (χ4v) is 1.38. The van der Waals surface area contributed by atoms with Gasteiger partial charge in [-0.25, -0.2) is 9.37 Å². The third kappa shape index (κ3) is 3.53. The van der Waals surface area contributed by atoms with Crippen LogP contribution < -0.4 is 5.43 Å². The Kier molecular flexibility index (Phi) is 3.97. The van der Waals surface area contributed by atoms with Gasteiger partial charge >= 0.3 is 6.18 Å². The number of nitrogens with zero attached hydrogens (tertiary/aromatic N) is 2. The molecule has 1 aromatic carbocycles. The third-order valence-electron chi connectivity index (χ3n) is 2.38. The second-order valence-corrected chi connectivity index (χ2v) is 3.82. The van der Waals surface area contributed by atoms with E-state index in [0.717, 1.165) is 12.1 Å². The molecule has 0 bridgehead atoms. The van der Waals surface area contributed by atoms with Crippen LogP contribution in [0.1, 0.15) is 11.1 Å². The zero-order valence-corrected chi connectivity index (χ0v) is 10.0. The van der Waals surface area contributed by atoms with Crippen molar-refractivity contribution in [3.8, 4) is 0 Å². The molecule has 20 heavy (non-hydrogen) atoms. The molecular formula is C13H9F4N3. The first-order valence-corrected chi connectivity index (χ1v) is 5.53. The van der Waals surface area contributed by atoms with Gasteiger partial charge in [0, 0.05) is 11.8 Å². The van der Waals surface area contributed by atoms with Crippen molar-refractivity contribution in [2.75, 3.05) is 5.43 Å². The van der Waals surface area contributed by atoms with Crippen LogP contribution in [0.2, 0.25) is 0 Å². The molecule has 2 rings (SSSR count). The Morgan fingerprint density at radius 2 is 1.85 bits per heavy atom. The number of hydrogen-bond acceptors (Lipinski definition) is 3. The minimum absolute atomic E-state index is 0.130. The van der Waals surface area contributed by atoms with Crippen molar-refractivity contribution in [3.63, 3.8) is 0 Å². The van der Waals surface area contributed by atoms with Crippen LogP contribution in [0.25, 0.3) is 0 Å². The summed E-state index contributed by atoms with van der Waals surface area (Å²) in [4.78, 5) is 3.56. The quantitative estimate of drug-likeness (QED) is 0.530. The highest BCUT2D eigenvalue weighted by molar-refractivity contribution is 5.80. The summed E-state index contributed by atoms with van der Waals surface area (Å²) in [5.74, 6) is -0.316. The zero-order chi connectivity index (χ0) is 14.6. The standard InChI is InChI=1S/C13H9F4N3/c14-11-4-2-1-3-9(11)7-19-20-12-6-5-10(8-18-12)13(15,16)17/h1-8H,(H,18,20)/b19-7-. The topological polar surface area (TPSA) is 37.3 Å². The van der Waals surface area contributed by atoms with E-state index in [4.69, 9.17) is 0 Å². The van der Waals surface area contributed by atoms with Crippen molar-refractivity contribution >= 4 is 12.0 Å². The average Bonchev–Trinajstić information content (AvgIpc) is 2.40. The Hall–Kier alpha value is -2.44. The highest BCUT2D eigenvalue weighted by Gasteiger charge is 2.30. The van der Waals surface area contributed by atoms with E-state index in [1.165, 1.54) is 24.4 Å². The predicted octanol–water partition coefficient (Wildman–Crippen LogP) is 3.69. The van der Waals surface area contributed by atoms with Crippen LogP contribution in [-0.2, 0) is 6.18 Å². The van der Waals surface area contributed by atoms with Crippen LogP contribution in [0.4, 0.5) is 23.4 Å². The van der Waals surface area contributed by atoms with E-state index in [1.54, 1.807) is 6.07 Å². The van der Waals surface area contributed by atoms with E-state index in [-0.39, 0.29) is 11.4 Å². The molecule has 0 saturated heterocycles. The zero-order valence-electron chi connectivity index (χ0n) is 10.0. The first-order valence-electron chi connectivity index (χ1n) is 5.53. The van der Waals surface area contributed by atoms with E-state index in [2.05, 4.69) is 15.5 Å². The molecule has 0 aliphatic rings. The summed E-state index contributed by atoms with van der Waals surface area (Å²) in [7, 11) is 0. The van der Waals surface area contributed by atoms with E-state index in [1.807, 2.05) is 0 Å². The van der Waals surface area contributed by atoms with Gasteiger partial charge in [0.2, 0.25) is 0 Å². The molecule has 0 saturated carbocycles. The molecule has 0 aliphatic carbocycles. The van der Waals surface area contributed by atoms with E-state index >= 15 is 0 Å². The van der Waals surface area contributed by atoms with Crippen molar-refractivity contribution in [2.45, 2.75) is 6.18 Å². The molecule has 0 spiro atoms. The first-order chi connectivity index (χ1) is 9.47. The molecule has 0 amide bonds. The van der Waals surface area contributed by atoms with Crippen LogP contribution >= 0.6 is 0 Å². The molecule has 1 heterocycles. The summed E-state index contributed by atoms with van der Waals surface area (Å²) in [5.41, 5.74) is 1.83. The molecule has 0 unspecified atom stereocenters. The van der Waals surface area contributed by atoms with Crippen molar-refractivity contribution in [3.05, 3.63) is 59.5 Å². The van der Waals surface area contributed by atoms with Crippen LogP contribution in [0, 0.1) is 5.82 Å². The Morgan fingerprint density at radius 3 is 2.45 bits per heavy atom. The normalized spacial score (nSPS) is 11.8. The number of nitrogens with one attached hydrogen (secondary N) is 1.